The van der Waals surface area contributed by atoms with E-state index in [1.54, 1.807) is 12.1 Å². The van der Waals surface area contributed by atoms with Crippen molar-refractivity contribution in [2.45, 2.75) is 4.90 Å². The first-order chi connectivity index (χ1) is 16.1. The lowest BCUT2D eigenvalue weighted by molar-refractivity contribution is 0.0696. The second-order valence-electron chi connectivity index (χ2n) is 6.78. The predicted octanol–water partition coefficient (Wildman–Crippen LogP) is 4.16. The summed E-state index contributed by atoms with van der Waals surface area (Å²) < 4.78 is 67.7. The summed E-state index contributed by atoms with van der Waals surface area (Å²) in [6, 6.07) is 9.37. The molecule has 34 heavy (non-hydrogen) atoms. The number of halogens is 3. The number of sulfonamides is 1. The van der Waals surface area contributed by atoms with Gasteiger partial charge >= 0.3 is 5.97 Å². The average Bonchev–Trinajstić information content (AvgIpc) is 2.79. The molecule has 0 saturated heterocycles. The number of hydrogen-bond donors (Lipinski definition) is 3. The number of benzene rings is 3. The summed E-state index contributed by atoms with van der Waals surface area (Å²) in [6.45, 7) is -0.384. The molecule has 0 fully saturated rings. The highest BCUT2D eigenvalue weighted by Crippen LogP contribution is 2.37. The fourth-order valence-electron chi connectivity index (χ4n) is 3.09. The average molecular weight is 514 g/mol. The van der Waals surface area contributed by atoms with Crippen molar-refractivity contribution in [1.82, 2.24) is 0 Å². The maximum absolute atomic E-state index is 14.7. The molecule has 0 saturated carbocycles. The van der Waals surface area contributed by atoms with Gasteiger partial charge < -0.3 is 19.7 Å². The van der Waals surface area contributed by atoms with Crippen molar-refractivity contribution in [2.75, 3.05) is 25.0 Å². The third-order valence-electron chi connectivity index (χ3n) is 4.58. The standard InChI is InChI=1S/C22H18ClF2NO7S/c1-32-21-15(23)8-12(22(28)29)9-20(21)34(30,31)26-18-10-14(16(24)11-17(18)25)13-4-2-3-5-19(13)33-7-6-27/h2-5,8-11,26-27H,6-7H2,1H3,(H,28,29). The number of carboxylic acid groups (broad SMARTS) is 1. The van der Waals surface area contributed by atoms with Gasteiger partial charge in [-0.25, -0.2) is 22.0 Å². The molecule has 0 heterocycles. The van der Waals surface area contributed by atoms with Gasteiger partial charge in [0.1, 0.15) is 28.9 Å². The molecule has 12 heteroatoms. The van der Waals surface area contributed by atoms with Crippen LogP contribution >= 0.6 is 11.6 Å². The molecule has 180 valence electrons. The molecule has 0 aliphatic rings. The lowest BCUT2D eigenvalue weighted by Crippen LogP contribution is -2.16. The largest absolute Gasteiger partial charge is 0.494 e. The van der Waals surface area contributed by atoms with Crippen LogP contribution in [0.15, 0.2) is 53.4 Å². The van der Waals surface area contributed by atoms with E-state index in [0.717, 1.165) is 25.3 Å². The van der Waals surface area contributed by atoms with Gasteiger partial charge in [0.05, 0.1) is 30.0 Å². The molecule has 0 unspecified atom stereocenters. The SMILES string of the molecule is COc1c(Cl)cc(C(=O)O)cc1S(=O)(=O)Nc1cc(-c2ccccc2OCCO)c(F)cc1F. The second kappa shape index (κ2) is 10.2. The van der Waals surface area contributed by atoms with Crippen molar-refractivity contribution in [3.63, 3.8) is 0 Å². The summed E-state index contributed by atoms with van der Waals surface area (Å²) in [5, 5.41) is 17.9. The highest BCUT2D eigenvalue weighted by molar-refractivity contribution is 7.92. The molecule has 0 radical (unpaired) electrons. The molecule has 0 aliphatic heterocycles. The number of hydrogen-bond acceptors (Lipinski definition) is 6. The summed E-state index contributed by atoms with van der Waals surface area (Å²) in [5.41, 5.74) is -1.06. The minimum atomic E-state index is -4.64. The fraction of sp³-hybridized carbons (Fsp3) is 0.136. The topological polar surface area (TPSA) is 122 Å². The van der Waals surface area contributed by atoms with Crippen LogP contribution in [0.2, 0.25) is 5.02 Å². The van der Waals surface area contributed by atoms with Gasteiger partial charge in [-0.05, 0) is 24.3 Å². The van der Waals surface area contributed by atoms with Crippen molar-refractivity contribution in [3.05, 3.63) is 70.8 Å². The van der Waals surface area contributed by atoms with Crippen LogP contribution in [-0.2, 0) is 10.0 Å². The molecular weight excluding hydrogens is 496 g/mol. The van der Waals surface area contributed by atoms with E-state index in [9.17, 15) is 27.1 Å². The summed E-state index contributed by atoms with van der Waals surface area (Å²) in [6.07, 6.45) is 0. The Bertz CT molecular complexity index is 1350. The Hall–Kier alpha value is -3.41. The van der Waals surface area contributed by atoms with E-state index in [1.807, 2.05) is 4.72 Å². The minimum absolute atomic E-state index is 0.0835. The second-order valence-corrected chi connectivity index (χ2v) is 8.84. The fourth-order valence-corrected chi connectivity index (χ4v) is 4.72. The van der Waals surface area contributed by atoms with Gasteiger partial charge in [-0.3, -0.25) is 4.72 Å². The highest BCUT2D eigenvalue weighted by atomic mass is 35.5. The van der Waals surface area contributed by atoms with E-state index in [-0.39, 0.29) is 40.9 Å². The molecule has 0 aliphatic carbocycles. The number of para-hydroxylation sites is 1. The number of carbonyl (C=O) groups is 1. The van der Waals surface area contributed by atoms with Crippen molar-refractivity contribution in [1.29, 1.82) is 0 Å². The van der Waals surface area contributed by atoms with Gasteiger partial charge in [0.15, 0.2) is 5.75 Å². The molecule has 0 aromatic heterocycles. The van der Waals surface area contributed by atoms with Crippen LogP contribution in [0.3, 0.4) is 0 Å². The number of aromatic carboxylic acids is 1. The van der Waals surface area contributed by atoms with Crippen molar-refractivity contribution >= 4 is 33.3 Å². The summed E-state index contributed by atoms with van der Waals surface area (Å²) in [4.78, 5) is 10.7. The number of ether oxygens (including phenoxy) is 2. The zero-order chi connectivity index (χ0) is 25.0. The molecule has 0 spiro atoms. The maximum Gasteiger partial charge on any atom is 0.335 e. The Balaban J connectivity index is 2.11. The van der Waals surface area contributed by atoms with Crippen LogP contribution in [0.25, 0.3) is 11.1 Å². The van der Waals surface area contributed by atoms with Crippen molar-refractivity contribution in [3.8, 4) is 22.6 Å². The van der Waals surface area contributed by atoms with E-state index in [4.69, 9.17) is 26.2 Å². The van der Waals surface area contributed by atoms with E-state index < -0.39 is 43.8 Å². The van der Waals surface area contributed by atoms with Gasteiger partial charge in [-0.1, -0.05) is 29.8 Å². The van der Waals surface area contributed by atoms with Crippen LogP contribution in [-0.4, -0.2) is 44.9 Å². The Labute approximate surface area is 198 Å². The number of methoxy groups -OCH3 is 1. The van der Waals surface area contributed by atoms with Crippen LogP contribution in [0.1, 0.15) is 10.4 Å². The third kappa shape index (κ3) is 5.22. The quantitative estimate of drug-likeness (QED) is 0.392. The lowest BCUT2D eigenvalue weighted by atomic mass is 10.0. The first-order valence-corrected chi connectivity index (χ1v) is 11.4. The van der Waals surface area contributed by atoms with E-state index in [0.29, 0.717) is 6.07 Å². The smallest absolute Gasteiger partial charge is 0.335 e. The Morgan fingerprint density at radius 3 is 2.44 bits per heavy atom. The van der Waals surface area contributed by atoms with Crippen LogP contribution in [0, 0.1) is 11.6 Å². The number of anilines is 1. The number of nitrogens with one attached hydrogen (secondary N) is 1. The number of aliphatic hydroxyl groups excluding tert-OH is 1. The normalized spacial score (nSPS) is 11.2. The van der Waals surface area contributed by atoms with E-state index in [2.05, 4.69) is 0 Å². The molecular formula is C22H18ClF2NO7S. The molecule has 8 nitrogen and oxygen atoms in total. The van der Waals surface area contributed by atoms with Crippen molar-refractivity contribution < 1.29 is 41.7 Å². The van der Waals surface area contributed by atoms with Gasteiger partial charge in [0.2, 0.25) is 0 Å². The first-order valence-electron chi connectivity index (χ1n) is 9.54. The number of aliphatic hydroxyl groups is 1. The zero-order valence-electron chi connectivity index (χ0n) is 17.5. The van der Waals surface area contributed by atoms with Crippen LogP contribution in [0.4, 0.5) is 14.5 Å². The van der Waals surface area contributed by atoms with Gasteiger partial charge in [-0.2, -0.15) is 0 Å². The molecule has 3 aromatic rings. The van der Waals surface area contributed by atoms with E-state index in [1.165, 1.54) is 12.1 Å². The van der Waals surface area contributed by atoms with Crippen LogP contribution < -0.4 is 14.2 Å². The maximum atomic E-state index is 14.7. The number of carboxylic acids is 1. The predicted molar refractivity (Wildman–Crippen MR) is 120 cm³/mol. The van der Waals surface area contributed by atoms with E-state index >= 15 is 0 Å². The Kier molecular flexibility index (Phi) is 7.60. The highest BCUT2D eigenvalue weighted by Gasteiger charge is 2.26. The first kappa shape index (κ1) is 25.2. The third-order valence-corrected chi connectivity index (χ3v) is 6.23. The molecule has 3 N–H and O–H groups in total. The molecule has 3 rings (SSSR count). The minimum Gasteiger partial charge on any atom is -0.494 e. The van der Waals surface area contributed by atoms with Crippen LogP contribution in [0.5, 0.6) is 11.5 Å². The van der Waals surface area contributed by atoms with Gasteiger partial charge in [0, 0.05) is 17.2 Å². The van der Waals surface area contributed by atoms with Gasteiger partial charge in [-0.15, -0.1) is 0 Å². The number of rotatable bonds is 9. The van der Waals surface area contributed by atoms with Crippen molar-refractivity contribution in [2.24, 2.45) is 0 Å². The lowest BCUT2D eigenvalue weighted by Gasteiger charge is -2.16. The summed E-state index contributed by atoms with van der Waals surface area (Å²) in [7, 11) is -3.52. The Morgan fingerprint density at radius 1 is 1.09 bits per heavy atom. The summed E-state index contributed by atoms with van der Waals surface area (Å²) >= 11 is 5.97. The molecule has 3 aromatic carbocycles. The molecule has 0 amide bonds. The Morgan fingerprint density at radius 2 is 1.79 bits per heavy atom. The monoisotopic (exact) mass is 513 g/mol. The zero-order valence-corrected chi connectivity index (χ0v) is 19.1. The summed E-state index contributed by atoms with van der Waals surface area (Å²) in [5.74, 6) is -3.84. The van der Waals surface area contributed by atoms with Gasteiger partial charge in [0.25, 0.3) is 10.0 Å². The molecule has 0 bridgehead atoms. The molecule has 0 atom stereocenters.